The molecule has 0 bridgehead atoms. The molecule has 5 nitrogen and oxygen atoms in total. The van der Waals surface area contributed by atoms with Crippen LogP contribution < -0.4 is 5.32 Å². The topological polar surface area (TPSA) is 70.7 Å². The minimum Gasteiger partial charge on any atom is -0.346 e. The molecule has 15 heavy (non-hydrogen) atoms. The van der Waals surface area contributed by atoms with E-state index in [1.165, 1.54) is 19.2 Å². The van der Waals surface area contributed by atoms with Crippen molar-refractivity contribution in [1.82, 2.24) is 20.5 Å². The Morgan fingerprint density at radius 1 is 1.60 bits per heavy atom. The van der Waals surface area contributed by atoms with Crippen LogP contribution in [0.25, 0.3) is 0 Å². The van der Waals surface area contributed by atoms with E-state index in [0.717, 1.165) is 0 Å². The summed E-state index contributed by atoms with van der Waals surface area (Å²) in [5.41, 5.74) is 0. The standard InChI is InChI=1S/C10H16N4O/c1-6(8-3-4-8)10(15)13-7(2)9-11-5-12-14-9/h5-8H,3-4H2,1-2H3,(H,13,15)(H,11,12,14). The molecule has 1 aliphatic rings. The van der Waals surface area contributed by atoms with Crippen LogP contribution in [0.4, 0.5) is 0 Å². The first kappa shape index (κ1) is 10.1. The van der Waals surface area contributed by atoms with Gasteiger partial charge in [0.25, 0.3) is 0 Å². The first-order valence-electron chi connectivity index (χ1n) is 5.34. The van der Waals surface area contributed by atoms with Crippen molar-refractivity contribution in [2.75, 3.05) is 0 Å². The molecule has 0 spiro atoms. The van der Waals surface area contributed by atoms with Crippen molar-refractivity contribution in [2.45, 2.75) is 32.7 Å². The van der Waals surface area contributed by atoms with Crippen LogP contribution in [0.5, 0.6) is 0 Å². The number of aromatic amines is 1. The highest BCUT2D eigenvalue weighted by molar-refractivity contribution is 5.79. The number of nitrogens with one attached hydrogen (secondary N) is 2. The van der Waals surface area contributed by atoms with Crippen LogP contribution in [0.1, 0.15) is 38.6 Å². The highest BCUT2D eigenvalue weighted by Crippen LogP contribution is 2.36. The maximum absolute atomic E-state index is 11.8. The molecule has 0 radical (unpaired) electrons. The third-order valence-corrected chi connectivity index (χ3v) is 2.95. The Morgan fingerprint density at radius 3 is 2.87 bits per heavy atom. The summed E-state index contributed by atoms with van der Waals surface area (Å²) in [6.07, 6.45) is 3.82. The smallest absolute Gasteiger partial charge is 0.223 e. The maximum Gasteiger partial charge on any atom is 0.223 e. The predicted octanol–water partition coefficient (Wildman–Crippen LogP) is 1.03. The maximum atomic E-state index is 11.8. The van der Waals surface area contributed by atoms with Gasteiger partial charge in [-0.1, -0.05) is 6.92 Å². The second-order valence-electron chi connectivity index (χ2n) is 4.23. The van der Waals surface area contributed by atoms with E-state index in [2.05, 4.69) is 20.5 Å². The van der Waals surface area contributed by atoms with Crippen molar-refractivity contribution in [3.8, 4) is 0 Å². The molecule has 1 aromatic heterocycles. The summed E-state index contributed by atoms with van der Waals surface area (Å²) in [6.45, 7) is 3.89. The first-order chi connectivity index (χ1) is 7.18. The third kappa shape index (κ3) is 2.34. The monoisotopic (exact) mass is 208 g/mol. The van der Waals surface area contributed by atoms with Crippen LogP contribution in [-0.4, -0.2) is 21.1 Å². The van der Waals surface area contributed by atoms with Gasteiger partial charge in [-0.25, -0.2) is 4.98 Å². The summed E-state index contributed by atoms with van der Waals surface area (Å²) >= 11 is 0. The molecular formula is C10H16N4O. The quantitative estimate of drug-likeness (QED) is 0.776. The van der Waals surface area contributed by atoms with Gasteiger partial charge in [0.2, 0.25) is 5.91 Å². The molecule has 1 amide bonds. The largest absolute Gasteiger partial charge is 0.346 e. The Kier molecular flexibility index (Phi) is 2.70. The second-order valence-corrected chi connectivity index (χ2v) is 4.23. The molecular weight excluding hydrogens is 192 g/mol. The number of aromatic nitrogens is 3. The molecule has 0 aliphatic heterocycles. The average Bonchev–Trinajstić information content (AvgIpc) is 2.91. The Bertz CT molecular complexity index is 331. The molecule has 0 aromatic carbocycles. The van der Waals surface area contributed by atoms with Gasteiger partial charge in [-0.3, -0.25) is 9.89 Å². The van der Waals surface area contributed by atoms with Crippen LogP contribution in [0.2, 0.25) is 0 Å². The molecule has 2 rings (SSSR count). The number of amides is 1. The number of nitrogens with zero attached hydrogens (tertiary/aromatic N) is 2. The summed E-state index contributed by atoms with van der Waals surface area (Å²) in [4.78, 5) is 15.8. The Balaban J connectivity index is 1.88. The van der Waals surface area contributed by atoms with Gasteiger partial charge in [0.15, 0.2) is 0 Å². The molecule has 2 atom stereocenters. The van der Waals surface area contributed by atoms with Crippen molar-refractivity contribution >= 4 is 5.91 Å². The normalized spacial score (nSPS) is 19.6. The molecule has 1 saturated carbocycles. The van der Waals surface area contributed by atoms with E-state index in [1.807, 2.05) is 13.8 Å². The van der Waals surface area contributed by atoms with E-state index >= 15 is 0 Å². The second kappa shape index (κ2) is 4.00. The molecule has 2 unspecified atom stereocenters. The van der Waals surface area contributed by atoms with Crippen molar-refractivity contribution in [3.63, 3.8) is 0 Å². The molecule has 2 N–H and O–H groups in total. The molecule has 82 valence electrons. The summed E-state index contributed by atoms with van der Waals surface area (Å²) in [5.74, 6) is 1.52. The minimum absolute atomic E-state index is 0.0961. The van der Waals surface area contributed by atoms with Gasteiger partial charge in [0, 0.05) is 5.92 Å². The van der Waals surface area contributed by atoms with Crippen molar-refractivity contribution in [2.24, 2.45) is 11.8 Å². The Hall–Kier alpha value is -1.39. The van der Waals surface area contributed by atoms with Crippen LogP contribution in [0.15, 0.2) is 6.33 Å². The molecule has 1 aromatic rings. The Labute approximate surface area is 88.7 Å². The zero-order valence-electron chi connectivity index (χ0n) is 9.03. The summed E-state index contributed by atoms with van der Waals surface area (Å²) < 4.78 is 0. The van der Waals surface area contributed by atoms with Gasteiger partial charge in [-0.2, -0.15) is 5.10 Å². The Morgan fingerprint density at radius 2 is 2.33 bits per heavy atom. The number of hydrogen-bond donors (Lipinski definition) is 2. The van der Waals surface area contributed by atoms with Crippen molar-refractivity contribution in [3.05, 3.63) is 12.2 Å². The summed E-state index contributed by atoms with van der Waals surface area (Å²) in [6, 6.07) is -0.0961. The van der Waals surface area contributed by atoms with Crippen molar-refractivity contribution < 1.29 is 4.79 Å². The fourth-order valence-corrected chi connectivity index (χ4v) is 1.65. The molecule has 1 fully saturated rings. The van der Waals surface area contributed by atoms with Crippen LogP contribution in [0, 0.1) is 11.8 Å². The molecule has 1 aliphatic carbocycles. The van der Waals surface area contributed by atoms with E-state index in [1.54, 1.807) is 0 Å². The molecule has 5 heteroatoms. The predicted molar refractivity (Wildman–Crippen MR) is 54.8 cm³/mol. The highest BCUT2D eigenvalue weighted by Gasteiger charge is 2.33. The van der Waals surface area contributed by atoms with E-state index in [0.29, 0.717) is 11.7 Å². The zero-order valence-corrected chi connectivity index (χ0v) is 9.03. The summed E-state index contributed by atoms with van der Waals surface area (Å²) in [7, 11) is 0. The summed E-state index contributed by atoms with van der Waals surface area (Å²) in [5, 5.41) is 9.44. The van der Waals surface area contributed by atoms with Gasteiger partial charge in [-0.15, -0.1) is 0 Å². The number of hydrogen-bond acceptors (Lipinski definition) is 3. The highest BCUT2D eigenvalue weighted by atomic mass is 16.1. The lowest BCUT2D eigenvalue weighted by molar-refractivity contribution is -0.125. The lowest BCUT2D eigenvalue weighted by Gasteiger charge is -2.15. The number of carbonyl (C=O) groups excluding carboxylic acids is 1. The molecule has 0 saturated heterocycles. The lowest BCUT2D eigenvalue weighted by atomic mass is 10.1. The SMILES string of the molecule is CC(NC(=O)C(C)C1CC1)c1ncn[nH]1. The van der Waals surface area contributed by atoms with E-state index in [9.17, 15) is 4.79 Å². The van der Waals surface area contributed by atoms with Crippen molar-refractivity contribution in [1.29, 1.82) is 0 Å². The fraction of sp³-hybridized carbons (Fsp3) is 0.700. The fourth-order valence-electron chi connectivity index (χ4n) is 1.65. The van der Waals surface area contributed by atoms with Gasteiger partial charge in [0.05, 0.1) is 6.04 Å². The zero-order chi connectivity index (χ0) is 10.8. The van der Waals surface area contributed by atoms with Crippen LogP contribution in [0.3, 0.4) is 0 Å². The minimum atomic E-state index is -0.0961. The average molecular weight is 208 g/mol. The number of carbonyl (C=O) groups is 1. The number of H-pyrrole nitrogens is 1. The van der Waals surface area contributed by atoms with E-state index < -0.39 is 0 Å². The number of rotatable bonds is 4. The van der Waals surface area contributed by atoms with Crippen LogP contribution >= 0.6 is 0 Å². The van der Waals surface area contributed by atoms with Gasteiger partial charge >= 0.3 is 0 Å². The van der Waals surface area contributed by atoms with Gasteiger partial charge in [-0.05, 0) is 25.7 Å². The van der Waals surface area contributed by atoms with Gasteiger partial charge < -0.3 is 5.32 Å². The molecule has 1 heterocycles. The van der Waals surface area contributed by atoms with E-state index in [4.69, 9.17) is 0 Å². The third-order valence-electron chi connectivity index (χ3n) is 2.95. The van der Waals surface area contributed by atoms with E-state index in [-0.39, 0.29) is 17.9 Å². The van der Waals surface area contributed by atoms with Crippen LogP contribution in [-0.2, 0) is 4.79 Å². The first-order valence-corrected chi connectivity index (χ1v) is 5.34. The lowest BCUT2D eigenvalue weighted by Crippen LogP contribution is -2.32. The van der Waals surface area contributed by atoms with Gasteiger partial charge in [0.1, 0.15) is 12.2 Å².